The molecule has 6 heteroatoms. The average molecular weight is 277 g/mol. The van der Waals surface area contributed by atoms with Crippen LogP contribution in [-0.2, 0) is 6.42 Å². The topological polar surface area (TPSA) is 60.2 Å². The molecule has 1 aromatic carbocycles. The number of nitrogens with zero attached hydrogens (tertiary/aromatic N) is 2. The van der Waals surface area contributed by atoms with Crippen LogP contribution in [0.4, 0.5) is 4.39 Å². The highest BCUT2D eigenvalue weighted by Gasteiger charge is 2.29. The van der Waals surface area contributed by atoms with Gasteiger partial charge in [0.2, 0.25) is 5.89 Å². The fraction of sp³-hybridized carbons (Fsp3) is 0.429. The fourth-order valence-corrected chi connectivity index (χ4v) is 2.29. The molecule has 1 fully saturated rings. The zero-order chi connectivity index (χ0) is 13.9. The highest BCUT2D eigenvalue weighted by Crippen LogP contribution is 2.24. The Morgan fingerprint density at radius 3 is 2.85 bits per heavy atom. The molecule has 0 unspecified atom stereocenters. The molecule has 3 rings (SSSR count). The van der Waals surface area contributed by atoms with Gasteiger partial charge in [-0.1, -0.05) is 17.3 Å². The van der Waals surface area contributed by atoms with Gasteiger partial charge < -0.3 is 14.6 Å². The predicted molar refractivity (Wildman–Crippen MR) is 70.4 cm³/mol. The Hall–Kier alpha value is -1.95. The Bertz CT molecular complexity index is 570. The van der Waals surface area contributed by atoms with Gasteiger partial charge in [0, 0.05) is 19.4 Å². The lowest BCUT2D eigenvalue weighted by Gasteiger charge is -2.01. The Morgan fingerprint density at radius 2 is 2.20 bits per heavy atom. The quantitative estimate of drug-likeness (QED) is 0.926. The number of benzene rings is 1. The molecule has 1 aromatic heterocycles. The zero-order valence-electron chi connectivity index (χ0n) is 11.2. The Kier molecular flexibility index (Phi) is 3.64. The van der Waals surface area contributed by atoms with Crippen LogP contribution in [0.5, 0.6) is 5.75 Å². The van der Waals surface area contributed by atoms with E-state index in [1.165, 1.54) is 0 Å². The fourth-order valence-electron chi connectivity index (χ4n) is 2.29. The molecule has 0 bridgehead atoms. The van der Waals surface area contributed by atoms with Crippen LogP contribution in [0, 0.1) is 0 Å². The maximum Gasteiger partial charge on any atom is 0.243 e. The first kappa shape index (κ1) is 13.1. The molecule has 5 nitrogen and oxygen atoms in total. The van der Waals surface area contributed by atoms with Crippen LogP contribution in [0.2, 0.25) is 0 Å². The summed E-state index contributed by atoms with van der Waals surface area (Å²) in [5.74, 6) is 1.88. The molecule has 106 valence electrons. The van der Waals surface area contributed by atoms with Crippen molar-refractivity contribution in [1.29, 1.82) is 0 Å². The van der Waals surface area contributed by atoms with Gasteiger partial charge in [0.1, 0.15) is 11.9 Å². The standard InChI is InChI=1S/C14H16FN3O2/c1-19-11-4-2-9(3-5-11)6-13-17-14(20-18-13)12-7-10(15)8-16-12/h2-5,10,12,16H,6-8H2,1H3/t10-,12+/m0/s1. The van der Waals surface area contributed by atoms with Crippen molar-refractivity contribution in [3.8, 4) is 5.75 Å². The first-order valence-corrected chi connectivity index (χ1v) is 6.57. The van der Waals surface area contributed by atoms with Crippen molar-refractivity contribution in [2.24, 2.45) is 0 Å². The first-order chi connectivity index (χ1) is 9.74. The second-order valence-electron chi connectivity index (χ2n) is 4.87. The van der Waals surface area contributed by atoms with Crippen LogP contribution in [0.1, 0.15) is 29.7 Å². The van der Waals surface area contributed by atoms with E-state index in [0.717, 1.165) is 11.3 Å². The number of methoxy groups -OCH3 is 1. The average Bonchev–Trinajstić information content (AvgIpc) is 3.09. The Balaban J connectivity index is 1.67. The number of hydrogen-bond donors (Lipinski definition) is 1. The smallest absolute Gasteiger partial charge is 0.243 e. The number of halogens is 1. The summed E-state index contributed by atoms with van der Waals surface area (Å²) < 4.78 is 23.4. The molecule has 2 aromatic rings. The van der Waals surface area contributed by atoms with Gasteiger partial charge in [0.25, 0.3) is 0 Å². The molecule has 2 heterocycles. The molecule has 0 amide bonds. The van der Waals surface area contributed by atoms with E-state index in [1.807, 2.05) is 24.3 Å². The molecular weight excluding hydrogens is 261 g/mol. The molecule has 1 N–H and O–H groups in total. The summed E-state index contributed by atoms with van der Waals surface area (Å²) in [5, 5.41) is 6.97. The highest BCUT2D eigenvalue weighted by molar-refractivity contribution is 5.28. The molecule has 0 radical (unpaired) electrons. The molecule has 1 aliphatic rings. The number of alkyl halides is 1. The van der Waals surface area contributed by atoms with Crippen LogP contribution in [0.3, 0.4) is 0 Å². The van der Waals surface area contributed by atoms with Crippen molar-refractivity contribution >= 4 is 0 Å². The van der Waals surface area contributed by atoms with Crippen molar-refractivity contribution in [3.63, 3.8) is 0 Å². The minimum absolute atomic E-state index is 0.165. The predicted octanol–water partition coefficient (Wildman–Crippen LogP) is 2.04. The normalized spacial score (nSPS) is 22.1. The van der Waals surface area contributed by atoms with Crippen molar-refractivity contribution in [1.82, 2.24) is 15.5 Å². The van der Waals surface area contributed by atoms with Gasteiger partial charge in [-0.3, -0.25) is 0 Å². The Morgan fingerprint density at radius 1 is 1.40 bits per heavy atom. The van der Waals surface area contributed by atoms with E-state index < -0.39 is 6.17 Å². The van der Waals surface area contributed by atoms with Gasteiger partial charge >= 0.3 is 0 Å². The van der Waals surface area contributed by atoms with E-state index in [0.29, 0.717) is 31.1 Å². The third-order valence-electron chi connectivity index (χ3n) is 3.38. The third-order valence-corrected chi connectivity index (χ3v) is 3.38. The van der Waals surface area contributed by atoms with Gasteiger partial charge in [0.05, 0.1) is 13.2 Å². The summed E-state index contributed by atoms with van der Waals surface area (Å²) in [5.41, 5.74) is 1.07. The molecule has 2 atom stereocenters. The lowest BCUT2D eigenvalue weighted by Crippen LogP contribution is -2.14. The molecule has 1 saturated heterocycles. The minimum atomic E-state index is -0.836. The number of nitrogens with one attached hydrogen (secondary N) is 1. The van der Waals surface area contributed by atoms with Gasteiger partial charge in [-0.15, -0.1) is 0 Å². The van der Waals surface area contributed by atoms with Crippen molar-refractivity contribution < 1.29 is 13.7 Å². The summed E-state index contributed by atoms with van der Waals surface area (Å²) in [4.78, 5) is 4.33. The van der Waals surface area contributed by atoms with Crippen LogP contribution in [0.25, 0.3) is 0 Å². The molecule has 20 heavy (non-hydrogen) atoms. The number of ether oxygens (including phenoxy) is 1. The highest BCUT2D eigenvalue weighted by atomic mass is 19.1. The zero-order valence-corrected chi connectivity index (χ0v) is 11.2. The van der Waals surface area contributed by atoms with E-state index in [2.05, 4.69) is 15.5 Å². The van der Waals surface area contributed by atoms with Crippen LogP contribution >= 0.6 is 0 Å². The third kappa shape index (κ3) is 2.80. The molecule has 0 saturated carbocycles. The summed E-state index contributed by atoms with van der Waals surface area (Å²) in [6.07, 6.45) is 0.139. The second-order valence-corrected chi connectivity index (χ2v) is 4.87. The van der Waals surface area contributed by atoms with Gasteiger partial charge in [-0.2, -0.15) is 4.98 Å². The van der Waals surface area contributed by atoms with Gasteiger partial charge in [0.15, 0.2) is 5.82 Å². The maximum absolute atomic E-state index is 13.1. The SMILES string of the molecule is COc1ccc(Cc2noc([C@H]3C[C@H](F)CN3)n2)cc1. The lowest BCUT2D eigenvalue weighted by atomic mass is 10.1. The van der Waals surface area contributed by atoms with Crippen molar-refractivity contribution in [2.45, 2.75) is 25.1 Å². The van der Waals surface area contributed by atoms with Crippen LogP contribution in [-0.4, -0.2) is 30.0 Å². The van der Waals surface area contributed by atoms with E-state index in [4.69, 9.17) is 9.26 Å². The van der Waals surface area contributed by atoms with E-state index in [1.54, 1.807) is 7.11 Å². The Labute approximate surface area is 116 Å². The van der Waals surface area contributed by atoms with E-state index in [9.17, 15) is 4.39 Å². The largest absolute Gasteiger partial charge is 0.497 e. The van der Waals surface area contributed by atoms with E-state index >= 15 is 0 Å². The molecular formula is C14H16FN3O2. The van der Waals surface area contributed by atoms with E-state index in [-0.39, 0.29) is 6.04 Å². The van der Waals surface area contributed by atoms with Crippen LogP contribution in [0.15, 0.2) is 28.8 Å². The monoisotopic (exact) mass is 277 g/mol. The first-order valence-electron chi connectivity index (χ1n) is 6.57. The summed E-state index contributed by atoms with van der Waals surface area (Å²) in [6, 6.07) is 7.54. The summed E-state index contributed by atoms with van der Waals surface area (Å²) in [7, 11) is 1.63. The minimum Gasteiger partial charge on any atom is -0.497 e. The van der Waals surface area contributed by atoms with Crippen molar-refractivity contribution in [2.75, 3.05) is 13.7 Å². The van der Waals surface area contributed by atoms with Gasteiger partial charge in [-0.05, 0) is 17.7 Å². The molecule has 0 spiro atoms. The van der Waals surface area contributed by atoms with Crippen molar-refractivity contribution in [3.05, 3.63) is 41.5 Å². The molecule has 1 aliphatic heterocycles. The van der Waals surface area contributed by atoms with Gasteiger partial charge in [-0.25, -0.2) is 4.39 Å². The number of hydrogen-bond acceptors (Lipinski definition) is 5. The lowest BCUT2D eigenvalue weighted by molar-refractivity contribution is 0.322. The summed E-state index contributed by atoms with van der Waals surface area (Å²) in [6.45, 7) is 0.348. The number of rotatable bonds is 4. The maximum atomic E-state index is 13.1. The molecule has 0 aliphatic carbocycles. The number of aromatic nitrogens is 2. The summed E-state index contributed by atoms with van der Waals surface area (Å²) >= 11 is 0. The second kappa shape index (κ2) is 5.58. The van der Waals surface area contributed by atoms with Crippen LogP contribution < -0.4 is 10.1 Å².